The van der Waals surface area contributed by atoms with Crippen molar-refractivity contribution in [3.63, 3.8) is 0 Å². The molecule has 0 N–H and O–H groups in total. The SMILES string of the molecule is CCOC(=O)c1oc(C2CCOC2C)nc1C(C)C. The van der Waals surface area contributed by atoms with E-state index in [1.54, 1.807) is 6.92 Å². The van der Waals surface area contributed by atoms with E-state index in [2.05, 4.69) is 4.98 Å². The molecule has 0 radical (unpaired) electrons. The summed E-state index contributed by atoms with van der Waals surface area (Å²) in [7, 11) is 0. The summed E-state index contributed by atoms with van der Waals surface area (Å²) in [5, 5.41) is 0. The molecule has 2 rings (SSSR count). The summed E-state index contributed by atoms with van der Waals surface area (Å²) in [5.41, 5.74) is 0.674. The first kappa shape index (κ1) is 14.1. The van der Waals surface area contributed by atoms with E-state index in [9.17, 15) is 4.79 Å². The molecule has 1 aliphatic heterocycles. The monoisotopic (exact) mass is 267 g/mol. The zero-order valence-corrected chi connectivity index (χ0v) is 11.9. The van der Waals surface area contributed by atoms with Crippen LogP contribution >= 0.6 is 0 Å². The molecular weight excluding hydrogens is 246 g/mol. The maximum Gasteiger partial charge on any atom is 0.376 e. The lowest BCUT2D eigenvalue weighted by Crippen LogP contribution is -2.09. The van der Waals surface area contributed by atoms with E-state index in [4.69, 9.17) is 13.9 Å². The molecule has 2 heterocycles. The van der Waals surface area contributed by atoms with Gasteiger partial charge in [0.1, 0.15) is 0 Å². The summed E-state index contributed by atoms with van der Waals surface area (Å²) in [6, 6.07) is 0. The molecule has 5 heteroatoms. The second kappa shape index (κ2) is 5.74. The van der Waals surface area contributed by atoms with Crippen molar-refractivity contribution in [1.29, 1.82) is 0 Å². The molecule has 1 aliphatic rings. The molecule has 0 bridgehead atoms. The van der Waals surface area contributed by atoms with Gasteiger partial charge in [-0.2, -0.15) is 0 Å². The summed E-state index contributed by atoms with van der Waals surface area (Å²) in [6.07, 6.45) is 0.954. The van der Waals surface area contributed by atoms with Gasteiger partial charge in [-0.15, -0.1) is 0 Å². The third kappa shape index (κ3) is 2.81. The normalized spacial score (nSPS) is 23.0. The first-order chi connectivity index (χ1) is 9.04. The molecule has 0 saturated carbocycles. The van der Waals surface area contributed by atoms with Crippen LogP contribution in [0.15, 0.2) is 4.42 Å². The largest absolute Gasteiger partial charge is 0.460 e. The Hall–Kier alpha value is -1.36. The molecule has 1 aromatic rings. The molecule has 1 aromatic heterocycles. The van der Waals surface area contributed by atoms with Crippen LogP contribution in [0.5, 0.6) is 0 Å². The van der Waals surface area contributed by atoms with Gasteiger partial charge in [0, 0.05) is 6.61 Å². The smallest absolute Gasteiger partial charge is 0.376 e. The van der Waals surface area contributed by atoms with Crippen molar-refractivity contribution in [2.24, 2.45) is 0 Å². The van der Waals surface area contributed by atoms with Crippen molar-refractivity contribution < 1.29 is 18.7 Å². The number of esters is 1. The van der Waals surface area contributed by atoms with Crippen LogP contribution in [0.1, 0.15) is 68.1 Å². The van der Waals surface area contributed by atoms with Gasteiger partial charge in [0.05, 0.1) is 24.3 Å². The van der Waals surface area contributed by atoms with Crippen molar-refractivity contribution in [2.75, 3.05) is 13.2 Å². The van der Waals surface area contributed by atoms with Crippen LogP contribution < -0.4 is 0 Å². The molecular formula is C14H21NO4. The van der Waals surface area contributed by atoms with Crippen molar-refractivity contribution in [3.8, 4) is 0 Å². The summed E-state index contributed by atoms with van der Waals surface area (Å²) >= 11 is 0. The zero-order valence-electron chi connectivity index (χ0n) is 11.9. The molecule has 5 nitrogen and oxygen atoms in total. The summed E-state index contributed by atoms with van der Waals surface area (Å²) < 4.78 is 16.2. The topological polar surface area (TPSA) is 61.6 Å². The molecule has 106 valence electrons. The van der Waals surface area contributed by atoms with E-state index >= 15 is 0 Å². The molecule has 19 heavy (non-hydrogen) atoms. The number of hydrogen-bond donors (Lipinski definition) is 0. The Morgan fingerprint density at radius 3 is 2.79 bits per heavy atom. The minimum atomic E-state index is -0.434. The van der Waals surface area contributed by atoms with Gasteiger partial charge in [-0.3, -0.25) is 0 Å². The van der Waals surface area contributed by atoms with Gasteiger partial charge in [-0.05, 0) is 26.2 Å². The average Bonchev–Trinajstić information content (AvgIpc) is 2.94. The van der Waals surface area contributed by atoms with E-state index < -0.39 is 5.97 Å². The average molecular weight is 267 g/mol. The Bertz CT molecular complexity index is 452. The zero-order chi connectivity index (χ0) is 14.0. The van der Waals surface area contributed by atoms with E-state index in [-0.39, 0.29) is 23.7 Å². The van der Waals surface area contributed by atoms with Crippen LogP contribution in [0.4, 0.5) is 0 Å². The van der Waals surface area contributed by atoms with E-state index in [0.29, 0.717) is 24.8 Å². The molecule has 0 amide bonds. The van der Waals surface area contributed by atoms with Crippen LogP contribution in [-0.4, -0.2) is 30.3 Å². The third-order valence-electron chi connectivity index (χ3n) is 3.37. The summed E-state index contributed by atoms with van der Waals surface area (Å²) in [5.74, 6) is 0.648. The van der Waals surface area contributed by atoms with Gasteiger partial charge in [0.25, 0.3) is 0 Å². The Labute approximate surface area is 113 Å². The molecule has 2 atom stereocenters. The molecule has 2 unspecified atom stereocenters. The molecule has 1 fully saturated rings. The number of ether oxygens (including phenoxy) is 2. The number of aromatic nitrogens is 1. The van der Waals surface area contributed by atoms with Crippen LogP contribution in [0, 0.1) is 0 Å². The van der Waals surface area contributed by atoms with Crippen molar-refractivity contribution in [2.45, 2.75) is 52.1 Å². The quantitative estimate of drug-likeness (QED) is 0.785. The highest BCUT2D eigenvalue weighted by Crippen LogP contribution is 2.33. The fourth-order valence-electron chi connectivity index (χ4n) is 2.30. The molecule has 0 spiro atoms. The number of rotatable bonds is 4. The van der Waals surface area contributed by atoms with E-state index in [1.165, 1.54) is 0 Å². The second-order valence-electron chi connectivity index (χ2n) is 5.11. The number of hydrogen-bond acceptors (Lipinski definition) is 5. The third-order valence-corrected chi connectivity index (χ3v) is 3.37. The van der Waals surface area contributed by atoms with Crippen molar-refractivity contribution >= 4 is 5.97 Å². The minimum absolute atomic E-state index is 0.0775. The lowest BCUT2D eigenvalue weighted by Gasteiger charge is -2.08. The van der Waals surface area contributed by atoms with Gasteiger partial charge in [0.15, 0.2) is 0 Å². The van der Waals surface area contributed by atoms with Crippen molar-refractivity contribution in [3.05, 3.63) is 17.3 Å². The highest BCUT2D eigenvalue weighted by Gasteiger charge is 2.33. The van der Waals surface area contributed by atoms with Gasteiger partial charge in [-0.25, -0.2) is 9.78 Å². The fraction of sp³-hybridized carbons (Fsp3) is 0.714. The van der Waals surface area contributed by atoms with E-state index in [1.807, 2.05) is 20.8 Å². The highest BCUT2D eigenvalue weighted by atomic mass is 16.5. The highest BCUT2D eigenvalue weighted by molar-refractivity contribution is 5.87. The minimum Gasteiger partial charge on any atom is -0.460 e. The predicted molar refractivity (Wildman–Crippen MR) is 69.3 cm³/mol. The maximum absolute atomic E-state index is 11.9. The van der Waals surface area contributed by atoms with Gasteiger partial charge < -0.3 is 13.9 Å². The second-order valence-corrected chi connectivity index (χ2v) is 5.11. The molecule has 0 aliphatic carbocycles. The van der Waals surface area contributed by atoms with Crippen LogP contribution in [0.25, 0.3) is 0 Å². The van der Waals surface area contributed by atoms with Crippen LogP contribution in [0.2, 0.25) is 0 Å². The number of carbonyl (C=O) groups excluding carboxylic acids is 1. The summed E-state index contributed by atoms with van der Waals surface area (Å²) in [6.45, 7) is 8.78. The molecule has 1 saturated heterocycles. The van der Waals surface area contributed by atoms with Crippen LogP contribution in [-0.2, 0) is 9.47 Å². The Morgan fingerprint density at radius 2 is 2.26 bits per heavy atom. The Kier molecular flexibility index (Phi) is 4.24. The Morgan fingerprint density at radius 1 is 1.53 bits per heavy atom. The predicted octanol–water partition coefficient (Wildman–Crippen LogP) is 2.87. The number of oxazole rings is 1. The van der Waals surface area contributed by atoms with Crippen LogP contribution in [0.3, 0.4) is 0 Å². The first-order valence-corrected chi connectivity index (χ1v) is 6.83. The lowest BCUT2D eigenvalue weighted by atomic mass is 10.0. The van der Waals surface area contributed by atoms with Gasteiger partial charge in [-0.1, -0.05) is 13.8 Å². The number of nitrogens with zero attached hydrogens (tertiary/aromatic N) is 1. The Balaban J connectivity index is 2.32. The fourth-order valence-corrected chi connectivity index (χ4v) is 2.30. The standard InChI is InChI=1S/C14H21NO4/c1-5-17-14(16)12-11(8(2)3)15-13(19-12)10-6-7-18-9(10)4/h8-10H,5-7H2,1-4H3. The maximum atomic E-state index is 11.9. The van der Waals surface area contributed by atoms with Gasteiger partial charge >= 0.3 is 5.97 Å². The lowest BCUT2D eigenvalue weighted by molar-refractivity contribution is 0.0483. The summed E-state index contributed by atoms with van der Waals surface area (Å²) in [4.78, 5) is 16.4. The van der Waals surface area contributed by atoms with Crippen molar-refractivity contribution in [1.82, 2.24) is 4.98 Å². The molecule has 0 aromatic carbocycles. The first-order valence-electron chi connectivity index (χ1n) is 6.83. The van der Waals surface area contributed by atoms with E-state index in [0.717, 1.165) is 6.42 Å². The van der Waals surface area contributed by atoms with Gasteiger partial charge in [0.2, 0.25) is 11.7 Å². The number of carbonyl (C=O) groups is 1.